The molecule has 0 saturated carbocycles. The summed E-state index contributed by atoms with van der Waals surface area (Å²) in [5.74, 6) is 1.64. The average molecular weight is 414 g/mol. The van der Waals surface area contributed by atoms with Crippen LogP contribution >= 0.6 is 11.3 Å². The molecule has 0 spiro atoms. The van der Waals surface area contributed by atoms with Gasteiger partial charge in [0.05, 0.1) is 0 Å². The van der Waals surface area contributed by atoms with Crippen molar-refractivity contribution < 1.29 is 9.84 Å². The molecule has 0 amide bonds. The predicted molar refractivity (Wildman–Crippen MR) is 122 cm³/mol. The van der Waals surface area contributed by atoms with Crippen molar-refractivity contribution in [1.82, 2.24) is 4.90 Å². The third-order valence-electron chi connectivity index (χ3n) is 5.59. The van der Waals surface area contributed by atoms with E-state index in [0.29, 0.717) is 6.54 Å². The van der Waals surface area contributed by atoms with E-state index >= 15 is 0 Å². The molecule has 2 heterocycles. The molecule has 0 fully saturated rings. The maximum absolute atomic E-state index is 11.0. The van der Waals surface area contributed by atoms with Gasteiger partial charge in [0.1, 0.15) is 17.7 Å². The molecule has 1 N–H and O–H groups in total. The van der Waals surface area contributed by atoms with Gasteiger partial charge in [0.25, 0.3) is 0 Å². The Morgan fingerprint density at radius 3 is 2.47 bits per heavy atom. The lowest BCUT2D eigenvalue weighted by Crippen LogP contribution is -2.21. The van der Waals surface area contributed by atoms with Crippen molar-refractivity contribution in [1.29, 1.82) is 0 Å². The molecule has 0 radical (unpaired) electrons. The molecule has 30 heavy (non-hydrogen) atoms. The van der Waals surface area contributed by atoms with Gasteiger partial charge in [-0.3, -0.25) is 4.90 Å². The van der Waals surface area contributed by atoms with Crippen molar-refractivity contribution in [3.63, 3.8) is 0 Å². The summed E-state index contributed by atoms with van der Waals surface area (Å²) in [5.41, 5.74) is 7.04. The molecule has 4 heteroatoms. The van der Waals surface area contributed by atoms with E-state index in [0.717, 1.165) is 34.7 Å². The van der Waals surface area contributed by atoms with Gasteiger partial charge in [-0.05, 0) is 81.9 Å². The van der Waals surface area contributed by atoms with Crippen LogP contribution in [0.1, 0.15) is 28.5 Å². The first-order valence-electron chi connectivity index (χ1n) is 10.1. The van der Waals surface area contributed by atoms with Crippen LogP contribution in [0.3, 0.4) is 0 Å². The van der Waals surface area contributed by atoms with Crippen LogP contribution in [-0.2, 0) is 13.1 Å². The van der Waals surface area contributed by atoms with E-state index in [9.17, 15) is 5.11 Å². The summed E-state index contributed by atoms with van der Waals surface area (Å²) in [6, 6.07) is 24.4. The van der Waals surface area contributed by atoms with Crippen LogP contribution < -0.4 is 4.74 Å². The lowest BCUT2D eigenvalue weighted by Gasteiger charge is -2.21. The Hall–Kier alpha value is -2.92. The first kappa shape index (κ1) is 19.1. The molecule has 5 rings (SSSR count). The topological polar surface area (TPSA) is 32.7 Å². The first-order chi connectivity index (χ1) is 14.7. The summed E-state index contributed by atoms with van der Waals surface area (Å²) in [6.07, 6.45) is -0.572. The lowest BCUT2D eigenvalue weighted by molar-refractivity contribution is 0.00734. The van der Waals surface area contributed by atoms with Crippen LogP contribution in [-0.4, -0.2) is 10.0 Å². The van der Waals surface area contributed by atoms with Gasteiger partial charge < -0.3 is 9.84 Å². The van der Waals surface area contributed by atoms with Crippen LogP contribution in [0.15, 0.2) is 83.6 Å². The van der Waals surface area contributed by atoms with Crippen molar-refractivity contribution >= 4 is 11.3 Å². The van der Waals surface area contributed by atoms with E-state index in [1.807, 2.05) is 42.5 Å². The molecule has 3 nitrogen and oxygen atoms in total. The molecule has 1 atom stereocenters. The van der Waals surface area contributed by atoms with E-state index < -0.39 is 6.23 Å². The number of ether oxygens (including phenoxy) is 1. The second-order valence-electron chi connectivity index (χ2n) is 7.72. The maximum atomic E-state index is 11.0. The summed E-state index contributed by atoms with van der Waals surface area (Å²) in [6.45, 7) is 3.53. The minimum absolute atomic E-state index is 0.572. The number of aliphatic hydroxyl groups is 1. The van der Waals surface area contributed by atoms with Crippen molar-refractivity contribution in [3.8, 4) is 22.6 Å². The number of hydrogen-bond acceptors (Lipinski definition) is 4. The number of para-hydroxylation sites is 1. The summed E-state index contributed by atoms with van der Waals surface area (Å²) < 4.78 is 5.88. The number of hydrogen-bond donors (Lipinski definition) is 1. The molecule has 1 aliphatic heterocycles. The molecule has 1 unspecified atom stereocenters. The summed E-state index contributed by atoms with van der Waals surface area (Å²) in [4.78, 5) is 2.11. The molecule has 1 aromatic heterocycles. The quantitative estimate of drug-likeness (QED) is 0.404. The monoisotopic (exact) mass is 413 g/mol. The Kier molecular flexibility index (Phi) is 5.13. The number of thiophene rings is 1. The van der Waals surface area contributed by atoms with Crippen molar-refractivity contribution in [2.24, 2.45) is 0 Å². The number of fused-ring (bicyclic) bond motifs is 1. The number of aliphatic hydroxyl groups excluding tert-OH is 1. The molecule has 0 bridgehead atoms. The first-order valence-corrected chi connectivity index (χ1v) is 11.0. The van der Waals surface area contributed by atoms with Gasteiger partial charge in [0.2, 0.25) is 0 Å². The highest BCUT2D eigenvalue weighted by molar-refractivity contribution is 7.08. The predicted octanol–water partition coefficient (Wildman–Crippen LogP) is 6.52. The highest BCUT2D eigenvalue weighted by Gasteiger charge is 2.30. The minimum atomic E-state index is -0.572. The Morgan fingerprint density at radius 2 is 1.73 bits per heavy atom. The SMILES string of the molecule is Cc1cc(-c2ccsc2)cc2c1C(O)N(Cc1ccc(Oc3ccccc3)cc1)C2. The van der Waals surface area contributed by atoms with Gasteiger partial charge in [0.15, 0.2) is 0 Å². The Morgan fingerprint density at radius 1 is 0.967 bits per heavy atom. The van der Waals surface area contributed by atoms with Crippen LogP contribution in [0.4, 0.5) is 0 Å². The van der Waals surface area contributed by atoms with E-state index in [1.165, 1.54) is 16.7 Å². The van der Waals surface area contributed by atoms with Crippen LogP contribution in [0, 0.1) is 6.92 Å². The zero-order chi connectivity index (χ0) is 20.5. The normalized spacial score (nSPS) is 15.9. The fourth-order valence-corrected chi connectivity index (χ4v) is 4.78. The highest BCUT2D eigenvalue weighted by Crippen LogP contribution is 2.38. The highest BCUT2D eigenvalue weighted by atomic mass is 32.1. The van der Waals surface area contributed by atoms with Crippen LogP contribution in [0.5, 0.6) is 11.5 Å². The molecular formula is C26H23NO2S. The van der Waals surface area contributed by atoms with Crippen molar-refractivity contribution in [3.05, 3.63) is 106 Å². The van der Waals surface area contributed by atoms with E-state index in [4.69, 9.17) is 4.74 Å². The van der Waals surface area contributed by atoms with Crippen LogP contribution in [0.2, 0.25) is 0 Å². The maximum Gasteiger partial charge on any atom is 0.134 e. The molecule has 0 aliphatic carbocycles. The lowest BCUT2D eigenvalue weighted by atomic mass is 9.97. The van der Waals surface area contributed by atoms with E-state index in [2.05, 4.69) is 52.9 Å². The molecule has 3 aromatic carbocycles. The Bertz CT molecular complexity index is 1140. The van der Waals surface area contributed by atoms with Gasteiger partial charge in [-0.2, -0.15) is 11.3 Å². The van der Waals surface area contributed by atoms with E-state index in [-0.39, 0.29) is 0 Å². The summed E-state index contributed by atoms with van der Waals surface area (Å²) in [7, 11) is 0. The molecule has 0 saturated heterocycles. The number of benzene rings is 3. The minimum Gasteiger partial charge on any atom is -0.457 e. The summed E-state index contributed by atoms with van der Waals surface area (Å²) >= 11 is 1.71. The second kappa shape index (κ2) is 8.07. The largest absolute Gasteiger partial charge is 0.457 e. The fraction of sp³-hybridized carbons (Fsp3) is 0.154. The molecule has 1 aliphatic rings. The van der Waals surface area contributed by atoms with Gasteiger partial charge in [-0.15, -0.1) is 0 Å². The van der Waals surface area contributed by atoms with Gasteiger partial charge >= 0.3 is 0 Å². The fourth-order valence-electron chi connectivity index (χ4n) is 4.12. The number of nitrogens with zero attached hydrogens (tertiary/aromatic N) is 1. The van der Waals surface area contributed by atoms with E-state index in [1.54, 1.807) is 11.3 Å². The summed E-state index contributed by atoms with van der Waals surface area (Å²) in [5, 5.41) is 15.2. The average Bonchev–Trinajstić information content (AvgIpc) is 3.39. The third-order valence-corrected chi connectivity index (χ3v) is 6.28. The number of rotatable bonds is 5. The zero-order valence-electron chi connectivity index (χ0n) is 16.8. The Labute approximate surface area is 180 Å². The zero-order valence-corrected chi connectivity index (χ0v) is 17.6. The second-order valence-corrected chi connectivity index (χ2v) is 8.50. The molecule has 150 valence electrons. The van der Waals surface area contributed by atoms with Gasteiger partial charge in [-0.25, -0.2) is 0 Å². The Balaban J connectivity index is 1.31. The van der Waals surface area contributed by atoms with Crippen molar-refractivity contribution in [2.75, 3.05) is 0 Å². The third kappa shape index (κ3) is 3.77. The standard InChI is InChI=1S/C26H23NO2S/c1-18-13-21(20-11-12-30-17-20)14-22-16-27(26(28)25(18)22)15-19-7-9-24(10-8-19)29-23-5-3-2-4-6-23/h2-14,17,26,28H,15-16H2,1H3. The van der Waals surface area contributed by atoms with Gasteiger partial charge in [-0.1, -0.05) is 36.4 Å². The number of aryl methyl sites for hydroxylation is 1. The molecular weight excluding hydrogens is 390 g/mol. The smallest absolute Gasteiger partial charge is 0.134 e. The van der Waals surface area contributed by atoms with Crippen LogP contribution in [0.25, 0.3) is 11.1 Å². The van der Waals surface area contributed by atoms with Gasteiger partial charge in [0, 0.05) is 18.7 Å². The van der Waals surface area contributed by atoms with Crippen molar-refractivity contribution in [2.45, 2.75) is 26.2 Å². The molecule has 4 aromatic rings.